The minimum Gasteiger partial charge on any atom is -0.485 e. The molecule has 1 N–H and O–H groups in total. The van der Waals surface area contributed by atoms with E-state index in [1.165, 1.54) is 28.8 Å². The predicted octanol–water partition coefficient (Wildman–Crippen LogP) is 8.47. The fraction of sp³-hybridized carbons (Fsp3) is 0.351. The molecule has 0 bridgehead atoms. The number of azo groups is 1. The summed E-state index contributed by atoms with van der Waals surface area (Å²) in [5.41, 5.74) is 8.14. The number of rotatable bonds is 9. The number of nitro benzene ring substituents is 1. The molecule has 1 fully saturated rings. The molecule has 4 aromatic rings. The zero-order chi connectivity index (χ0) is 31.6. The lowest BCUT2D eigenvalue weighted by atomic mass is 9.91. The number of nitrogens with zero attached hydrogens (tertiary/aromatic N) is 4. The Hall–Kier alpha value is -4.40. The number of non-ortho nitro benzene ring substituents is 1. The molecule has 2 aliphatic rings. The maximum Gasteiger partial charge on any atom is 0.269 e. The SMILES string of the molecule is Cc1c(C)c2c(c(C)c1/N=N/c1ccc([N+](=O)[O-])cc1)C[C@@](C)(CN1CCC(NC(c3ccccc3)c3ccccc3)CC1)O2. The third kappa shape index (κ3) is 6.67. The monoisotopic (exact) mass is 603 g/mol. The van der Waals surface area contributed by atoms with E-state index in [2.05, 4.69) is 109 Å². The van der Waals surface area contributed by atoms with Crippen LogP contribution in [0, 0.1) is 30.9 Å². The molecule has 8 nitrogen and oxygen atoms in total. The number of nitro groups is 1. The van der Waals surface area contributed by atoms with E-state index in [-0.39, 0.29) is 17.3 Å². The number of nitrogens with one attached hydrogen (secondary N) is 1. The van der Waals surface area contributed by atoms with Gasteiger partial charge in [0.15, 0.2) is 0 Å². The van der Waals surface area contributed by atoms with Gasteiger partial charge < -0.3 is 10.1 Å². The molecule has 0 radical (unpaired) electrons. The van der Waals surface area contributed by atoms with Crippen LogP contribution in [-0.4, -0.2) is 41.1 Å². The summed E-state index contributed by atoms with van der Waals surface area (Å²) in [6.07, 6.45) is 2.99. The number of fused-ring (bicyclic) bond motifs is 1. The predicted molar refractivity (Wildman–Crippen MR) is 178 cm³/mol. The number of piperidine rings is 1. The zero-order valence-electron chi connectivity index (χ0n) is 26.5. The van der Waals surface area contributed by atoms with E-state index in [0.29, 0.717) is 11.7 Å². The molecule has 0 aromatic heterocycles. The van der Waals surface area contributed by atoms with E-state index in [1.54, 1.807) is 12.1 Å². The zero-order valence-corrected chi connectivity index (χ0v) is 26.5. The maximum absolute atomic E-state index is 11.0. The maximum atomic E-state index is 11.0. The molecular weight excluding hydrogens is 562 g/mol. The van der Waals surface area contributed by atoms with E-state index in [0.717, 1.165) is 67.0 Å². The Morgan fingerprint density at radius 2 is 1.49 bits per heavy atom. The van der Waals surface area contributed by atoms with Crippen molar-refractivity contribution in [3.8, 4) is 5.75 Å². The van der Waals surface area contributed by atoms with Crippen LogP contribution in [0.1, 0.15) is 59.2 Å². The van der Waals surface area contributed by atoms with Gasteiger partial charge in [-0.05, 0) is 93.6 Å². The molecule has 2 aliphatic heterocycles. The van der Waals surface area contributed by atoms with Gasteiger partial charge in [-0.3, -0.25) is 15.0 Å². The first-order valence-electron chi connectivity index (χ1n) is 15.8. The van der Waals surface area contributed by atoms with Gasteiger partial charge in [0.25, 0.3) is 5.69 Å². The molecule has 0 spiro atoms. The molecular formula is C37H41N5O3. The van der Waals surface area contributed by atoms with Crippen molar-refractivity contribution in [1.82, 2.24) is 10.2 Å². The summed E-state index contributed by atoms with van der Waals surface area (Å²) in [6, 6.07) is 28.2. The highest BCUT2D eigenvalue weighted by Gasteiger charge is 2.40. The van der Waals surface area contributed by atoms with E-state index in [1.807, 2.05) is 0 Å². The second kappa shape index (κ2) is 12.9. The third-order valence-electron chi connectivity index (χ3n) is 9.38. The van der Waals surface area contributed by atoms with Crippen LogP contribution in [0.2, 0.25) is 0 Å². The van der Waals surface area contributed by atoms with Gasteiger partial charge in [-0.2, -0.15) is 5.11 Å². The fourth-order valence-corrected chi connectivity index (χ4v) is 6.81. The average molecular weight is 604 g/mol. The van der Waals surface area contributed by atoms with Gasteiger partial charge in [-0.25, -0.2) is 0 Å². The second-order valence-corrected chi connectivity index (χ2v) is 12.7. The summed E-state index contributed by atoms with van der Waals surface area (Å²) < 4.78 is 6.76. The Morgan fingerprint density at radius 1 is 0.889 bits per heavy atom. The van der Waals surface area contributed by atoms with Crippen LogP contribution >= 0.6 is 0 Å². The lowest BCUT2D eigenvalue weighted by molar-refractivity contribution is -0.384. The Balaban J connectivity index is 1.11. The second-order valence-electron chi connectivity index (χ2n) is 12.7. The average Bonchev–Trinajstić information content (AvgIpc) is 3.41. The van der Waals surface area contributed by atoms with Crippen molar-refractivity contribution < 1.29 is 9.66 Å². The first kappa shape index (κ1) is 30.6. The first-order chi connectivity index (χ1) is 21.7. The molecule has 8 heteroatoms. The standard InChI is InChI=1S/C37H41N5O3/c1-25-26(2)36-33(27(3)34(25)40-39-31-15-17-32(18-16-31)42(43)44)23-37(4,45-36)24-41-21-19-30(20-22-41)38-35(28-11-7-5-8-12-28)29-13-9-6-10-14-29/h5-18,30,35,38H,19-24H2,1-4H3/b40-39+/t37-/m0/s1. The highest BCUT2D eigenvalue weighted by Crippen LogP contribution is 2.46. The number of likely N-dealkylation sites (tertiary alicyclic amines) is 1. The molecule has 0 amide bonds. The van der Waals surface area contributed by atoms with E-state index in [4.69, 9.17) is 4.74 Å². The summed E-state index contributed by atoms with van der Waals surface area (Å²) in [4.78, 5) is 13.1. The van der Waals surface area contributed by atoms with Crippen LogP contribution in [0.5, 0.6) is 5.75 Å². The van der Waals surface area contributed by atoms with Gasteiger partial charge in [-0.15, -0.1) is 5.11 Å². The molecule has 0 unspecified atom stereocenters. The highest BCUT2D eigenvalue weighted by atomic mass is 16.6. The number of benzene rings is 4. The van der Waals surface area contributed by atoms with Gasteiger partial charge in [-0.1, -0.05) is 60.7 Å². The molecule has 232 valence electrons. The van der Waals surface area contributed by atoms with Crippen molar-refractivity contribution in [2.45, 2.75) is 64.6 Å². The largest absolute Gasteiger partial charge is 0.485 e. The van der Waals surface area contributed by atoms with Crippen LogP contribution < -0.4 is 10.1 Å². The smallest absolute Gasteiger partial charge is 0.269 e. The Kier molecular flexibility index (Phi) is 8.79. The summed E-state index contributed by atoms with van der Waals surface area (Å²) in [5, 5.41) is 24.0. The van der Waals surface area contributed by atoms with Crippen LogP contribution in [0.25, 0.3) is 0 Å². The molecule has 1 saturated heterocycles. The normalized spacial score (nSPS) is 18.8. The van der Waals surface area contributed by atoms with Gasteiger partial charge >= 0.3 is 0 Å². The summed E-state index contributed by atoms with van der Waals surface area (Å²) in [7, 11) is 0. The first-order valence-corrected chi connectivity index (χ1v) is 15.8. The highest BCUT2D eigenvalue weighted by molar-refractivity contribution is 5.66. The van der Waals surface area contributed by atoms with Crippen molar-refractivity contribution >= 4 is 17.1 Å². The van der Waals surface area contributed by atoms with Crippen molar-refractivity contribution in [3.05, 3.63) is 128 Å². The Bertz CT molecular complexity index is 1640. The number of ether oxygens (including phenoxy) is 1. The van der Waals surface area contributed by atoms with E-state index >= 15 is 0 Å². The molecule has 1 atom stereocenters. The summed E-state index contributed by atoms with van der Waals surface area (Å²) in [5.74, 6) is 0.979. The van der Waals surface area contributed by atoms with Crippen LogP contribution in [0.4, 0.5) is 17.1 Å². The van der Waals surface area contributed by atoms with Crippen LogP contribution in [-0.2, 0) is 6.42 Å². The minimum absolute atomic E-state index is 0.0372. The lowest BCUT2D eigenvalue weighted by Gasteiger charge is -2.38. The summed E-state index contributed by atoms with van der Waals surface area (Å²) >= 11 is 0. The van der Waals surface area contributed by atoms with Crippen molar-refractivity contribution in [2.24, 2.45) is 10.2 Å². The minimum atomic E-state index is -0.414. The molecule has 0 saturated carbocycles. The molecule has 0 aliphatic carbocycles. The van der Waals surface area contributed by atoms with Crippen LogP contribution in [0.15, 0.2) is 95.2 Å². The topological polar surface area (TPSA) is 92.4 Å². The fourth-order valence-electron chi connectivity index (χ4n) is 6.81. The molecule has 2 heterocycles. The van der Waals surface area contributed by atoms with E-state index < -0.39 is 4.92 Å². The number of hydrogen-bond donors (Lipinski definition) is 1. The molecule has 45 heavy (non-hydrogen) atoms. The van der Waals surface area contributed by atoms with Gasteiger partial charge in [0.05, 0.1) is 22.3 Å². The van der Waals surface area contributed by atoms with Gasteiger partial charge in [0, 0.05) is 36.7 Å². The van der Waals surface area contributed by atoms with E-state index in [9.17, 15) is 10.1 Å². The van der Waals surface area contributed by atoms with Crippen molar-refractivity contribution in [1.29, 1.82) is 0 Å². The van der Waals surface area contributed by atoms with Gasteiger partial charge in [0.1, 0.15) is 11.4 Å². The van der Waals surface area contributed by atoms with Crippen LogP contribution in [0.3, 0.4) is 0 Å². The Labute approximate surface area is 265 Å². The van der Waals surface area contributed by atoms with Crippen molar-refractivity contribution in [2.75, 3.05) is 19.6 Å². The number of hydrogen-bond acceptors (Lipinski definition) is 7. The molecule has 6 rings (SSSR count). The molecule has 4 aromatic carbocycles. The quantitative estimate of drug-likeness (QED) is 0.118. The summed E-state index contributed by atoms with van der Waals surface area (Å²) in [6.45, 7) is 11.4. The Morgan fingerprint density at radius 3 is 2.07 bits per heavy atom. The van der Waals surface area contributed by atoms with Gasteiger partial charge in [0.2, 0.25) is 0 Å². The third-order valence-corrected chi connectivity index (χ3v) is 9.38. The lowest BCUT2D eigenvalue weighted by Crippen LogP contribution is -2.50. The van der Waals surface area contributed by atoms with Crippen molar-refractivity contribution in [3.63, 3.8) is 0 Å².